The number of amides is 1. The van der Waals surface area contributed by atoms with Crippen LogP contribution in [0.1, 0.15) is 32.9 Å². The van der Waals surface area contributed by atoms with Crippen LogP contribution in [0.3, 0.4) is 0 Å². The number of nitrogens with two attached hydrogens (primary N) is 1. The van der Waals surface area contributed by atoms with Gasteiger partial charge < -0.3 is 21.8 Å². The number of nitrogens with one attached hydrogen (secondary N) is 3. The highest BCUT2D eigenvalue weighted by molar-refractivity contribution is 6.12. The topological polar surface area (TPSA) is 117 Å². The second kappa shape index (κ2) is 10.9. The van der Waals surface area contributed by atoms with Gasteiger partial charge in [-0.05, 0) is 79.2 Å². The summed E-state index contributed by atoms with van der Waals surface area (Å²) in [6, 6.07) is 22.1. The molecule has 4 rings (SSSR count). The number of nitrogen functional groups attached to an aromatic ring is 1. The molecule has 0 aliphatic rings. The van der Waals surface area contributed by atoms with Crippen molar-refractivity contribution in [3.63, 3.8) is 0 Å². The maximum absolute atomic E-state index is 12.8. The van der Waals surface area contributed by atoms with Crippen molar-refractivity contribution < 1.29 is 4.79 Å². The lowest BCUT2D eigenvalue weighted by atomic mass is 10.1. The third-order valence-corrected chi connectivity index (χ3v) is 5.31. The summed E-state index contributed by atoms with van der Waals surface area (Å²) in [5.74, 6) is -0.208. The molecule has 0 saturated heterocycles. The fraction of sp³-hybridized carbons (Fsp3) is 0.0714. The summed E-state index contributed by atoms with van der Waals surface area (Å²) in [7, 11) is 0. The highest BCUT2D eigenvalue weighted by Gasteiger charge is 2.12. The number of rotatable bonds is 8. The molecule has 7 heteroatoms. The number of hydrogen-bond acceptors (Lipinski definition) is 6. The van der Waals surface area contributed by atoms with Gasteiger partial charge in [0.2, 0.25) is 0 Å². The van der Waals surface area contributed by atoms with Crippen LogP contribution in [0.4, 0.5) is 17.1 Å². The molecular weight excluding hydrogens is 436 g/mol. The summed E-state index contributed by atoms with van der Waals surface area (Å²) in [6.45, 7) is 2.33. The minimum atomic E-state index is -0.208. The zero-order chi connectivity index (χ0) is 24.6. The second-order valence-corrected chi connectivity index (χ2v) is 7.98. The molecule has 0 atom stereocenters. The lowest BCUT2D eigenvalue weighted by Gasteiger charge is -2.14. The Labute approximate surface area is 204 Å². The molecule has 0 radical (unpaired) electrons. The highest BCUT2D eigenvalue weighted by Crippen LogP contribution is 2.25. The molecule has 4 aromatic rings. The average Bonchev–Trinajstić information content (AvgIpc) is 2.87. The Bertz CT molecular complexity index is 1380. The minimum absolute atomic E-state index is 0.208. The molecule has 1 amide bonds. The Balaban J connectivity index is 1.46. The number of aryl methyl sites for hydroxylation is 1. The van der Waals surface area contributed by atoms with Gasteiger partial charge in [-0.2, -0.15) is 0 Å². The number of anilines is 3. The summed E-state index contributed by atoms with van der Waals surface area (Å²) in [6.07, 6.45) is 6.91. The van der Waals surface area contributed by atoms with Crippen LogP contribution < -0.4 is 16.4 Å². The van der Waals surface area contributed by atoms with Gasteiger partial charge in [0.25, 0.3) is 5.91 Å². The first-order valence-corrected chi connectivity index (χ1v) is 11.1. The second-order valence-electron chi connectivity index (χ2n) is 7.98. The molecule has 0 spiro atoms. The van der Waals surface area contributed by atoms with E-state index in [1.807, 2.05) is 61.5 Å². The third-order valence-electron chi connectivity index (χ3n) is 5.31. The number of carbonyl (C=O) groups excluding carboxylic acids is 1. The number of carbonyl (C=O) groups is 1. The predicted molar refractivity (Wildman–Crippen MR) is 141 cm³/mol. The molecule has 5 N–H and O–H groups in total. The van der Waals surface area contributed by atoms with Crippen LogP contribution in [0.15, 0.2) is 91.3 Å². The fourth-order valence-electron chi connectivity index (χ4n) is 3.51. The van der Waals surface area contributed by atoms with Gasteiger partial charge in [0.15, 0.2) is 0 Å². The van der Waals surface area contributed by atoms with Gasteiger partial charge in [-0.1, -0.05) is 18.2 Å². The summed E-state index contributed by atoms with van der Waals surface area (Å²) in [5.41, 5.74) is 12.2. The highest BCUT2D eigenvalue weighted by atomic mass is 16.1. The van der Waals surface area contributed by atoms with Crippen LogP contribution in [0.25, 0.3) is 6.08 Å². The normalized spacial score (nSPS) is 10.8. The average molecular weight is 463 g/mol. The van der Waals surface area contributed by atoms with Gasteiger partial charge in [0, 0.05) is 29.3 Å². The molecule has 0 saturated carbocycles. The van der Waals surface area contributed by atoms with Crippen molar-refractivity contribution in [2.24, 2.45) is 0 Å². The van der Waals surface area contributed by atoms with Gasteiger partial charge in [-0.25, -0.2) is 0 Å². The van der Waals surface area contributed by atoms with Crippen molar-refractivity contribution in [1.82, 2.24) is 15.3 Å². The van der Waals surface area contributed by atoms with Crippen molar-refractivity contribution in [1.29, 1.82) is 5.41 Å². The first-order valence-electron chi connectivity index (χ1n) is 11.1. The van der Waals surface area contributed by atoms with E-state index in [9.17, 15) is 4.79 Å². The van der Waals surface area contributed by atoms with Gasteiger partial charge in [0.1, 0.15) is 0 Å². The van der Waals surface area contributed by atoms with Gasteiger partial charge in [-0.3, -0.25) is 14.8 Å². The van der Waals surface area contributed by atoms with Crippen LogP contribution in [-0.4, -0.2) is 21.6 Å². The largest absolute Gasteiger partial charge is 0.398 e. The van der Waals surface area contributed by atoms with Crippen LogP contribution in [0.5, 0.6) is 0 Å². The zero-order valence-corrected chi connectivity index (χ0v) is 19.3. The Morgan fingerprint density at radius 2 is 1.80 bits per heavy atom. The fourth-order valence-corrected chi connectivity index (χ4v) is 3.51. The minimum Gasteiger partial charge on any atom is -0.398 e. The van der Waals surface area contributed by atoms with E-state index in [1.165, 1.54) is 0 Å². The van der Waals surface area contributed by atoms with E-state index in [1.54, 1.807) is 42.7 Å². The third kappa shape index (κ3) is 6.17. The molecule has 2 aromatic carbocycles. The molecule has 7 nitrogen and oxygen atoms in total. The maximum atomic E-state index is 12.8. The SMILES string of the molecule is Cc1ccnc(/C=C/C(=N)c2ccc(Nc3ccccc3C(=O)NCc3ccccn3)cc2N)c1. The lowest BCUT2D eigenvalue weighted by molar-refractivity contribution is 0.0951. The van der Waals surface area contributed by atoms with Crippen LogP contribution in [0.2, 0.25) is 0 Å². The van der Waals surface area contributed by atoms with E-state index >= 15 is 0 Å². The maximum Gasteiger partial charge on any atom is 0.253 e. The molecule has 2 aromatic heterocycles. The summed E-state index contributed by atoms with van der Waals surface area (Å²) in [4.78, 5) is 21.3. The number of pyridine rings is 2. The summed E-state index contributed by atoms with van der Waals surface area (Å²) < 4.78 is 0. The van der Waals surface area contributed by atoms with Crippen molar-refractivity contribution in [3.05, 3.63) is 119 Å². The van der Waals surface area contributed by atoms with Crippen LogP contribution in [-0.2, 0) is 6.54 Å². The molecule has 2 heterocycles. The summed E-state index contributed by atoms with van der Waals surface area (Å²) in [5, 5.41) is 14.6. The first kappa shape index (κ1) is 23.4. The van der Waals surface area contributed by atoms with Gasteiger partial charge in [0.05, 0.1) is 34.9 Å². The predicted octanol–water partition coefficient (Wildman–Crippen LogP) is 5.12. The monoisotopic (exact) mass is 462 g/mol. The Morgan fingerprint density at radius 1 is 0.971 bits per heavy atom. The smallest absolute Gasteiger partial charge is 0.253 e. The molecule has 0 aliphatic carbocycles. The number of para-hydroxylation sites is 1. The Morgan fingerprint density at radius 3 is 2.57 bits per heavy atom. The van der Waals surface area contributed by atoms with E-state index in [-0.39, 0.29) is 11.6 Å². The Kier molecular flexibility index (Phi) is 7.28. The van der Waals surface area contributed by atoms with Gasteiger partial charge in [-0.15, -0.1) is 0 Å². The number of allylic oxidation sites excluding steroid dienone is 1. The van der Waals surface area contributed by atoms with Crippen molar-refractivity contribution in [2.45, 2.75) is 13.5 Å². The standard InChI is InChI=1S/C28H26N6O/c1-19-13-15-32-20(16-19)10-12-25(29)23-11-9-21(17-26(23)30)34-27-8-3-2-7-24(27)28(35)33-18-22-6-4-5-14-31-22/h2-17,29,34H,18,30H2,1H3,(H,33,35)/b12-10+,29-25?. The molecule has 35 heavy (non-hydrogen) atoms. The van der Waals surface area contributed by atoms with Crippen molar-refractivity contribution in [2.75, 3.05) is 11.1 Å². The van der Waals surface area contributed by atoms with Crippen LogP contribution >= 0.6 is 0 Å². The first-order chi connectivity index (χ1) is 17.0. The van der Waals surface area contributed by atoms with Gasteiger partial charge >= 0.3 is 0 Å². The number of aromatic nitrogens is 2. The van der Waals surface area contributed by atoms with Crippen molar-refractivity contribution in [3.8, 4) is 0 Å². The lowest BCUT2D eigenvalue weighted by Crippen LogP contribution is -2.24. The van der Waals surface area contributed by atoms with Crippen molar-refractivity contribution >= 4 is 34.8 Å². The molecule has 0 aliphatic heterocycles. The number of hydrogen-bond donors (Lipinski definition) is 4. The van der Waals surface area contributed by atoms with E-state index in [0.29, 0.717) is 34.7 Å². The van der Waals surface area contributed by atoms with E-state index in [2.05, 4.69) is 20.6 Å². The molecule has 174 valence electrons. The Hall–Kier alpha value is -4.78. The molecule has 0 bridgehead atoms. The number of benzene rings is 2. The van der Waals surface area contributed by atoms with E-state index in [4.69, 9.17) is 11.1 Å². The summed E-state index contributed by atoms with van der Waals surface area (Å²) >= 11 is 0. The molecule has 0 unspecified atom stereocenters. The van der Waals surface area contributed by atoms with E-state index < -0.39 is 0 Å². The van der Waals surface area contributed by atoms with E-state index in [0.717, 1.165) is 17.0 Å². The number of nitrogens with zero attached hydrogens (tertiary/aromatic N) is 2. The molecular formula is C28H26N6O. The zero-order valence-electron chi connectivity index (χ0n) is 19.3. The molecule has 0 fully saturated rings. The van der Waals surface area contributed by atoms with Crippen LogP contribution in [0, 0.1) is 12.3 Å². The quantitative estimate of drug-likeness (QED) is 0.214.